The molecule has 1 aromatic rings. The first-order chi connectivity index (χ1) is 7.33. The molecule has 1 rings (SSSR count). The highest BCUT2D eigenvalue weighted by molar-refractivity contribution is 7.07. The van der Waals surface area contributed by atoms with E-state index in [1.54, 1.807) is 11.3 Å². The fraction of sp³-hybridized carbons (Fsp3) is 0.667. The SMILES string of the molecule is CCNC(c1ccsc1)C(CC)OCC. The molecule has 15 heavy (non-hydrogen) atoms. The third kappa shape index (κ3) is 3.59. The van der Waals surface area contributed by atoms with Gasteiger partial charge in [-0.05, 0) is 42.3 Å². The van der Waals surface area contributed by atoms with E-state index in [-0.39, 0.29) is 6.10 Å². The molecule has 0 radical (unpaired) electrons. The van der Waals surface area contributed by atoms with Gasteiger partial charge in [0.2, 0.25) is 0 Å². The van der Waals surface area contributed by atoms with Gasteiger partial charge in [-0.25, -0.2) is 0 Å². The summed E-state index contributed by atoms with van der Waals surface area (Å²) in [5.74, 6) is 0. The van der Waals surface area contributed by atoms with Crippen molar-refractivity contribution in [1.82, 2.24) is 5.32 Å². The van der Waals surface area contributed by atoms with Gasteiger partial charge in [-0.2, -0.15) is 11.3 Å². The van der Waals surface area contributed by atoms with Crippen molar-refractivity contribution in [2.45, 2.75) is 39.3 Å². The highest BCUT2D eigenvalue weighted by Gasteiger charge is 2.21. The highest BCUT2D eigenvalue weighted by atomic mass is 32.1. The van der Waals surface area contributed by atoms with E-state index in [1.165, 1.54) is 5.56 Å². The van der Waals surface area contributed by atoms with E-state index in [9.17, 15) is 0 Å². The molecule has 0 spiro atoms. The Balaban J connectivity index is 2.71. The van der Waals surface area contributed by atoms with Gasteiger partial charge in [0.25, 0.3) is 0 Å². The summed E-state index contributed by atoms with van der Waals surface area (Å²) >= 11 is 1.74. The Hall–Kier alpha value is -0.380. The van der Waals surface area contributed by atoms with Crippen molar-refractivity contribution in [3.8, 4) is 0 Å². The van der Waals surface area contributed by atoms with Crippen LogP contribution in [0.3, 0.4) is 0 Å². The van der Waals surface area contributed by atoms with Gasteiger partial charge < -0.3 is 10.1 Å². The second-order valence-corrected chi connectivity index (χ2v) is 4.27. The van der Waals surface area contributed by atoms with Gasteiger partial charge in [0, 0.05) is 6.61 Å². The molecule has 0 saturated carbocycles. The van der Waals surface area contributed by atoms with Crippen LogP contribution in [0.4, 0.5) is 0 Å². The van der Waals surface area contributed by atoms with Crippen molar-refractivity contribution in [2.24, 2.45) is 0 Å². The largest absolute Gasteiger partial charge is 0.377 e. The Kier molecular flexibility index (Phi) is 5.91. The molecule has 0 bridgehead atoms. The Morgan fingerprint density at radius 1 is 1.40 bits per heavy atom. The van der Waals surface area contributed by atoms with Gasteiger partial charge in [0.15, 0.2) is 0 Å². The van der Waals surface area contributed by atoms with Gasteiger partial charge in [-0.1, -0.05) is 13.8 Å². The van der Waals surface area contributed by atoms with Gasteiger partial charge in [-0.15, -0.1) is 0 Å². The monoisotopic (exact) mass is 227 g/mol. The molecule has 0 aromatic carbocycles. The van der Waals surface area contributed by atoms with E-state index in [1.807, 2.05) is 0 Å². The van der Waals surface area contributed by atoms with Crippen molar-refractivity contribution in [3.05, 3.63) is 22.4 Å². The fourth-order valence-electron chi connectivity index (χ4n) is 1.80. The van der Waals surface area contributed by atoms with Crippen LogP contribution in [-0.2, 0) is 4.74 Å². The normalized spacial score (nSPS) is 15.1. The molecule has 0 aliphatic carbocycles. The maximum Gasteiger partial charge on any atom is 0.0767 e. The number of likely N-dealkylation sites (N-methyl/N-ethyl adjacent to an activating group) is 1. The van der Waals surface area contributed by atoms with Crippen molar-refractivity contribution in [2.75, 3.05) is 13.2 Å². The van der Waals surface area contributed by atoms with E-state index in [0.717, 1.165) is 19.6 Å². The molecule has 1 aromatic heterocycles. The molecule has 0 aliphatic rings. The van der Waals surface area contributed by atoms with E-state index in [0.29, 0.717) is 6.04 Å². The summed E-state index contributed by atoms with van der Waals surface area (Å²) in [5, 5.41) is 7.83. The predicted octanol–water partition coefficient (Wildman–Crippen LogP) is 3.21. The lowest BCUT2D eigenvalue weighted by Crippen LogP contribution is -2.33. The average Bonchev–Trinajstić information content (AvgIpc) is 2.76. The number of rotatable bonds is 7. The van der Waals surface area contributed by atoms with E-state index in [2.05, 4.69) is 42.9 Å². The zero-order chi connectivity index (χ0) is 11.1. The van der Waals surface area contributed by atoms with Crippen LogP contribution in [0.2, 0.25) is 0 Å². The second-order valence-electron chi connectivity index (χ2n) is 3.49. The van der Waals surface area contributed by atoms with Crippen LogP contribution in [0.5, 0.6) is 0 Å². The Labute approximate surface area is 96.7 Å². The van der Waals surface area contributed by atoms with Gasteiger partial charge in [0.1, 0.15) is 0 Å². The minimum atomic E-state index is 0.282. The molecular weight excluding hydrogens is 206 g/mol. The summed E-state index contributed by atoms with van der Waals surface area (Å²) in [6, 6.07) is 2.52. The molecule has 0 saturated heterocycles. The van der Waals surface area contributed by atoms with Crippen molar-refractivity contribution < 1.29 is 4.74 Å². The van der Waals surface area contributed by atoms with Crippen LogP contribution >= 0.6 is 11.3 Å². The lowest BCUT2D eigenvalue weighted by atomic mass is 10.0. The third-order valence-corrected chi connectivity index (χ3v) is 3.18. The number of hydrogen-bond acceptors (Lipinski definition) is 3. The molecule has 3 heteroatoms. The maximum atomic E-state index is 5.77. The predicted molar refractivity (Wildman–Crippen MR) is 66.4 cm³/mol. The summed E-state index contributed by atoms with van der Waals surface area (Å²) in [4.78, 5) is 0. The minimum absolute atomic E-state index is 0.282. The van der Waals surface area contributed by atoms with Crippen LogP contribution in [-0.4, -0.2) is 19.3 Å². The van der Waals surface area contributed by atoms with E-state index >= 15 is 0 Å². The molecule has 1 heterocycles. The van der Waals surface area contributed by atoms with Gasteiger partial charge in [-0.3, -0.25) is 0 Å². The lowest BCUT2D eigenvalue weighted by molar-refractivity contribution is 0.0319. The highest BCUT2D eigenvalue weighted by Crippen LogP contribution is 2.23. The van der Waals surface area contributed by atoms with Crippen LogP contribution < -0.4 is 5.32 Å². The number of ether oxygens (including phenoxy) is 1. The standard InChI is InChI=1S/C12H21NOS/c1-4-11(14-6-3)12(13-5-2)10-7-8-15-9-10/h7-9,11-13H,4-6H2,1-3H3. The molecule has 2 atom stereocenters. The fourth-order valence-corrected chi connectivity index (χ4v) is 2.50. The summed E-state index contributed by atoms with van der Waals surface area (Å²) in [6.45, 7) is 8.13. The van der Waals surface area contributed by atoms with Crippen LogP contribution in [0.15, 0.2) is 16.8 Å². The van der Waals surface area contributed by atoms with Gasteiger partial charge >= 0.3 is 0 Å². The molecular formula is C12H21NOS. The zero-order valence-corrected chi connectivity index (χ0v) is 10.6. The minimum Gasteiger partial charge on any atom is -0.377 e. The topological polar surface area (TPSA) is 21.3 Å². The summed E-state index contributed by atoms with van der Waals surface area (Å²) in [5.41, 5.74) is 1.35. The first-order valence-corrected chi connectivity index (χ1v) is 6.64. The summed E-state index contributed by atoms with van der Waals surface area (Å²) < 4.78 is 5.77. The first-order valence-electron chi connectivity index (χ1n) is 5.70. The molecule has 2 unspecified atom stereocenters. The quantitative estimate of drug-likeness (QED) is 0.772. The Morgan fingerprint density at radius 2 is 2.20 bits per heavy atom. The van der Waals surface area contributed by atoms with Crippen LogP contribution in [0.1, 0.15) is 38.8 Å². The second kappa shape index (κ2) is 6.99. The summed E-state index contributed by atoms with van der Waals surface area (Å²) in [6.07, 6.45) is 1.32. The van der Waals surface area contributed by atoms with Crippen molar-refractivity contribution >= 4 is 11.3 Å². The molecule has 0 aliphatic heterocycles. The molecule has 2 nitrogen and oxygen atoms in total. The van der Waals surface area contributed by atoms with Crippen molar-refractivity contribution in [3.63, 3.8) is 0 Å². The maximum absolute atomic E-state index is 5.77. The number of nitrogens with one attached hydrogen (secondary N) is 1. The zero-order valence-electron chi connectivity index (χ0n) is 9.82. The van der Waals surface area contributed by atoms with Crippen LogP contribution in [0, 0.1) is 0 Å². The smallest absolute Gasteiger partial charge is 0.0767 e. The van der Waals surface area contributed by atoms with Crippen LogP contribution in [0.25, 0.3) is 0 Å². The Bertz CT molecular complexity index is 248. The van der Waals surface area contributed by atoms with E-state index < -0.39 is 0 Å². The number of thiophene rings is 1. The third-order valence-electron chi connectivity index (χ3n) is 2.48. The summed E-state index contributed by atoms with van der Waals surface area (Å²) in [7, 11) is 0. The van der Waals surface area contributed by atoms with Crippen molar-refractivity contribution in [1.29, 1.82) is 0 Å². The molecule has 86 valence electrons. The molecule has 0 fully saturated rings. The number of hydrogen-bond donors (Lipinski definition) is 1. The van der Waals surface area contributed by atoms with Gasteiger partial charge in [0.05, 0.1) is 12.1 Å². The molecule has 1 N–H and O–H groups in total. The lowest BCUT2D eigenvalue weighted by Gasteiger charge is -2.26. The average molecular weight is 227 g/mol. The molecule has 0 amide bonds. The van der Waals surface area contributed by atoms with E-state index in [4.69, 9.17) is 4.74 Å². The Morgan fingerprint density at radius 3 is 2.67 bits per heavy atom. The first kappa shape index (κ1) is 12.7.